The molecule has 0 heterocycles. The molecule has 4 nitrogen and oxygen atoms in total. The normalized spacial score (nSPS) is 19.6. The summed E-state index contributed by atoms with van der Waals surface area (Å²) in [5.41, 5.74) is 8.49. The van der Waals surface area contributed by atoms with Crippen LogP contribution in [0.4, 0.5) is 0 Å². The Labute approximate surface area is 169 Å². The second-order valence-electron chi connectivity index (χ2n) is 7.99. The number of nitrogens with zero attached hydrogens (tertiary/aromatic N) is 1. The fourth-order valence-electron chi connectivity index (χ4n) is 4.22. The third-order valence-corrected chi connectivity index (χ3v) is 5.92. The Morgan fingerprint density at radius 2 is 1.46 bits per heavy atom. The van der Waals surface area contributed by atoms with Gasteiger partial charge in [0, 0.05) is 19.6 Å². The Balaban J connectivity index is 1.68. The van der Waals surface area contributed by atoms with Crippen molar-refractivity contribution in [3.05, 3.63) is 59.7 Å². The molecule has 1 fully saturated rings. The number of ether oxygens (including phenoxy) is 2. The van der Waals surface area contributed by atoms with E-state index in [4.69, 9.17) is 15.2 Å². The lowest BCUT2D eigenvalue weighted by Crippen LogP contribution is -2.32. The molecule has 0 spiro atoms. The van der Waals surface area contributed by atoms with Gasteiger partial charge in [0.25, 0.3) is 0 Å². The molecule has 0 unspecified atom stereocenters. The average Bonchev–Trinajstić information content (AvgIpc) is 2.75. The molecule has 152 valence electrons. The highest BCUT2D eigenvalue weighted by Gasteiger charge is 2.22. The van der Waals surface area contributed by atoms with Crippen LogP contribution < -0.4 is 15.2 Å². The van der Waals surface area contributed by atoms with E-state index in [0.717, 1.165) is 49.5 Å². The number of nitrogens with two attached hydrogens (primary N) is 1. The van der Waals surface area contributed by atoms with E-state index in [1.807, 2.05) is 18.2 Å². The molecule has 2 aromatic carbocycles. The summed E-state index contributed by atoms with van der Waals surface area (Å²) in [5, 5.41) is 0. The lowest BCUT2D eigenvalue weighted by molar-refractivity contribution is 0.170. The molecule has 4 heteroatoms. The van der Waals surface area contributed by atoms with Crippen LogP contribution in [0.3, 0.4) is 0 Å². The fraction of sp³-hybridized carbons (Fsp3) is 0.500. The van der Waals surface area contributed by atoms with Crippen molar-refractivity contribution in [3.63, 3.8) is 0 Å². The third kappa shape index (κ3) is 5.98. The summed E-state index contributed by atoms with van der Waals surface area (Å²) in [6, 6.07) is 16.8. The van der Waals surface area contributed by atoms with E-state index in [2.05, 4.69) is 35.2 Å². The third-order valence-electron chi connectivity index (χ3n) is 5.92. The summed E-state index contributed by atoms with van der Waals surface area (Å²) in [4.78, 5) is 2.57. The standard InChI is InChI=1S/C24H34N2O2/c1-27-23-12-10-21(11-13-23)17-26(16-20-8-6-19(15-25)7-9-20)18-22-4-3-5-24(14-22)28-2/h3-5,10-14,19-20H,6-9,15-18,25H2,1-2H3. The van der Waals surface area contributed by atoms with Crippen LogP contribution in [0, 0.1) is 11.8 Å². The zero-order chi connectivity index (χ0) is 19.8. The highest BCUT2D eigenvalue weighted by Crippen LogP contribution is 2.29. The Morgan fingerprint density at radius 1 is 0.821 bits per heavy atom. The van der Waals surface area contributed by atoms with Gasteiger partial charge in [0.1, 0.15) is 11.5 Å². The molecule has 0 amide bonds. The van der Waals surface area contributed by atoms with Crippen LogP contribution >= 0.6 is 0 Å². The van der Waals surface area contributed by atoms with Crippen molar-refractivity contribution in [1.82, 2.24) is 4.90 Å². The van der Waals surface area contributed by atoms with Crippen molar-refractivity contribution >= 4 is 0 Å². The summed E-state index contributed by atoms with van der Waals surface area (Å²) < 4.78 is 10.7. The Kier molecular flexibility index (Phi) is 7.75. The molecule has 2 aromatic rings. The summed E-state index contributed by atoms with van der Waals surface area (Å²) in [6.45, 7) is 3.84. The molecule has 28 heavy (non-hydrogen) atoms. The van der Waals surface area contributed by atoms with Gasteiger partial charge in [0.15, 0.2) is 0 Å². The lowest BCUT2D eigenvalue weighted by atomic mass is 9.82. The molecule has 1 aliphatic carbocycles. The number of hydrogen-bond acceptors (Lipinski definition) is 4. The Hall–Kier alpha value is -2.04. The quantitative estimate of drug-likeness (QED) is 0.695. The summed E-state index contributed by atoms with van der Waals surface area (Å²) >= 11 is 0. The minimum absolute atomic E-state index is 0.727. The van der Waals surface area contributed by atoms with Crippen molar-refractivity contribution in [2.24, 2.45) is 17.6 Å². The first-order chi connectivity index (χ1) is 13.7. The molecule has 1 aliphatic rings. The Morgan fingerprint density at radius 3 is 2.11 bits per heavy atom. The average molecular weight is 383 g/mol. The first-order valence-electron chi connectivity index (χ1n) is 10.4. The van der Waals surface area contributed by atoms with Crippen molar-refractivity contribution in [2.75, 3.05) is 27.3 Å². The predicted molar refractivity (Wildman–Crippen MR) is 115 cm³/mol. The van der Waals surface area contributed by atoms with E-state index in [1.165, 1.54) is 36.8 Å². The van der Waals surface area contributed by atoms with E-state index in [-0.39, 0.29) is 0 Å². The van der Waals surface area contributed by atoms with E-state index < -0.39 is 0 Å². The number of hydrogen-bond donors (Lipinski definition) is 1. The van der Waals surface area contributed by atoms with Crippen molar-refractivity contribution in [1.29, 1.82) is 0 Å². The summed E-state index contributed by atoms with van der Waals surface area (Å²) in [7, 11) is 3.44. The van der Waals surface area contributed by atoms with Gasteiger partial charge in [-0.2, -0.15) is 0 Å². The molecule has 1 saturated carbocycles. The first-order valence-corrected chi connectivity index (χ1v) is 10.4. The lowest BCUT2D eigenvalue weighted by Gasteiger charge is -2.32. The van der Waals surface area contributed by atoms with E-state index in [0.29, 0.717) is 0 Å². The summed E-state index contributed by atoms with van der Waals surface area (Å²) in [5.74, 6) is 3.31. The molecule has 3 rings (SSSR count). The van der Waals surface area contributed by atoms with Crippen molar-refractivity contribution < 1.29 is 9.47 Å². The van der Waals surface area contributed by atoms with Crippen molar-refractivity contribution in [3.8, 4) is 11.5 Å². The summed E-state index contributed by atoms with van der Waals surface area (Å²) in [6.07, 6.45) is 5.13. The second kappa shape index (κ2) is 10.5. The molecular formula is C24H34N2O2. The van der Waals surface area contributed by atoms with Crippen LogP contribution in [0.1, 0.15) is 36.8 Å². The van der Waals surface area contributed by atoms with Gasteiger partial charge in [0.05, 0.1) is 14.2 Å². The maximum Gasteiger partial charge on any atom is 0.119 e. The van der Waals surface area contributed by atoms with Gasteiger partial charge in [-0.3, -0.25) is 4.90 Å². The Bertz CT molecular complexity index is 709. The zero-order valence-corrected chi connectivity index (χ0v) is 17.3. The highest BCUT2D eigenvalue weighted by molar-refractivity contribution is 5.29. The molecule has 0 bridgehead atoms. The largest absolute Gasteiger partial charge is 0.497 e. The minimum atomic E-state index is 0.727. The van der Waals surface area contributed by atoms with Gasteiger partial charge in [-0.25, -0.2) is 0 Å². The van der Waals surface area contributed by atoms with Crippen LogP contribution in [0.5, 0.6) is 11.5 Å². The zero-order valence-electron chi connectivity index (χ0n) is 17.3. The SMILES string of the molecule is COc1ccc(CN(Cc2cccc(OC)c2)CC2CCC(CN)CC2)cc1. The molecule has 0 radical (unpaired) electrons. The smallest absolute Gasteiger partial charge is 0.119 e. The molecule has 0 aliphatic heterocycles. The van der Waals surface area contributed by atoms with Gasteiger partial charge < -0.3 is 15.2 Å². The van der Waals surface area contributed by atoms with Crippen LogP contribution in [0.2, 0.25) is 0 Å². The molecule has 0 saturated heterocycles. The van der Waals surface area contributed by atoms with E-state index in [1.54, 1.807) is 14.2 Å². The van der Waals surface area contributed by atoms with Crippen molar-refractivity contribution in [2.45, 2.75) is 38.8 Å². The van der Waals surface area contributed by atoms with Crippen LogP contribution in [-0.4, -0.2) is 32.2 Å². The van der Waals surface area contributed by atoms with Gasteiger partial charge in [-0.1, -0.05) is 24.3 Å². The number of methoxy groups -OCH3 is 2. The van der Waals surface area contributed by atoms with Crippen LogP contribution in [0.25, 0.3) is 0 Å². The predicted octanol–water partition coefficient (Wildman–Crippen LogP) is 4.47. The maximum absolute atomic E-state index is 5.87. The maximum atomic E-state index is 5.87. The molecular weight excluding hydrogens is 348 g/mol. The van der Waals surface area contributed by atoms with Crippen LogP contribution in [-0.2, 0) is 13.1 Å². The van der Waals surface area contributed by atoms with Crippen LogP contribution in [0.15, 0.2) is 48.5 Å². The molecule has 0 atom stereocenters. The number of benzene rings is 2. The van der Waals surface area contributed by atoms with E-state index >= 15 is 0 Å². The van der Waals surface area contributed by atoms with E-state index in [9.17, 15) is 0 Å². The van der Waals surface area contributed by atoms with Gasteiger partial charge in [0.2, 0.25) is 0 Å². The topological polar surface area (TPSA) is 47.7 Å². The monoisotopic (exact) mass is 382 g/mol. The number of rotatable bonds is 9. The minimum Gasteiger partial charge on any atom is -0.497 e. The highest BCUT2D eigenvalue weighted by atomic mass is 16.5. The molecule has 0 aromatic heterocycles. The first kappa shape index (κ1) is 20.7. The van der Waals surface area contributed by atoms with Gasteiger partial charge in [-0.05, 0) is 79.5 Å². The fourth-order valence-corrected chi connectivity index (χ4v) is 4.22. The second-order valence-corrected chi connectivity index (χ2v) is 7.99. The molecule has 2 N–H and O–H groups in total. The van der Waals surface area contributed by atoms with Gasteiger partial charge >= 0.3 is 0 Å². The van der Waals surface area contributed by atoms with Gasteiger partial charge in [-0.15, -0.1) is 0 Å².